The van der Waals surface area contributed by atoms with Gasteiger partial charge in [-0.15, -0.1) is 11.3 Å². The molecular formula is C15H15N3O4S. The summed E-state index contributed by atoms with van der Waals surface area (Å²) in [6.45, 7) is 1.90. The molecule has 1 amide bonds. The maximum atomic E-state index is 11.6. The highest BCUT2D eigenvalue weighted by molar-refractivity contribution is 7.12. The zero-order chi connectivity index (χ0) is 16.7. The van der Waals surface area contributed by atoms with Crippen LogP contribution >= 0.6 is 11.3 Å². The van der Waals surface area contributed by atoms with E-state index < -0.39 is 10.8 Å². The first kappa shape index (κ1) is 16.6. The summed E-state index contributed by atoms with van der Waals surface area (Å²) in [6.07, 6.45) is 2.29. The third kappa shape index (κ3) is 5.19. The van der Waals surface area contributed by atoms with Gasteiger partial charge in [-0.25, -0.2) is 5.43 Å². The quantitative estimate of drug-likeness (QED) is 0.479. The highest BCUT2D eigenvalue weighted by atomic mass is 32.1. The Hall–Kier alpha value is -2.74. The van der Waals surface area contributed by atoms with Gasteiger partial charge in [-0.1, -0.05) is 19.1 Å². The molecule has 1 N–H and O–H groups in total. The predicted molar refractivity (Wildman–Crippen MR) is 88.0 cm³/mol. The molecular weight excluding hydrogens is 318 g/mol. The van der Waals surface area contributed by atoms with E-state index in [1.165, 1.54) is 34.6 Å². The zero-order valence-electron chi connectivity index (χ0n) is 12.4. The van der Waals surface area contributed by atoms with E-state index in [4.69, 9.17) is 4.74 Å². The number of aryl methyl sites for hydroxylation is 1. The molecule has 23 heavy (non-hydrogen) atoms. The SMILES string of the molecule is CCc1ccc(OCC(=O)NN=Cc2cc([N+](=O)[O-])cs2)cc1. The number of carbonyl (C=O) groups is 1. The Bertz CT molecular complexity index is 710. The van der Waals surface area contributed by atoms with Crippen molar-refractivity contribution >= 4 is 29.1 Å². The summed E-state index contributed by atoms with van der Waals surface area (Å²) in [5.41, 5.74) is 3.50. The Morgan fingerprint density at radius 1 is 1.43 bits per heavy atom. The lowest BCUT2D eigenvalue weighted by molar-refractivity contribution is -0.384. The Morgan fingerprint density at radius 2 is 2.17 bits per heavy atom. The molecule has 8 heteroatoms. The van der Waals surface area contributed by atoms with Gasteiger partial charge in [-0.2, -0.15) is 5.10 Å². The summed E-state index contributed by atoms with van der Waals surface area (Å²) in [6, 6.07) is 8.87. The van der Waals surface area contributed by atoms with Crippen LogP contribution in [0.15, 0.2) is 40.8 Å². The van der Waals surface area contributed by atoms with E-state index in [1.807, 2.05) is 12.1 Å². The highest BCUT2D eigenvalue weighted by Gasteiger charge is 2.07. The van der Waals surface area contributed by atoms with E-state index in [-0.39, 0.29) is 12.3 Å². The van der Waals surface area contributed by atoms with Crippen molar-refractivity contribution in [3.05, 3.63) is 56.3 Å². The number of hydrazone groups is 1. The topological polar surface area (TPSA) is 93.8 Å². The molecule has 1 aromatic heterocycles. The average molecular weight is 333 g/mol. The van der Waals surface area contributed by atoms with Crippen LogP contribution in [-0.4, -0.2) is 23.7 Å². The molecule has 0 atom stereocenters. The van der Waals surface area contributed by atoms with Crippen LogP contribution in [0.1, 0.15) is 17.4 Å². The van der Waals surface area contributed by atoms with Crippen molar-refractivity contribution in [2.75, 3.05) is 6.61 Å². The summed E-state index contributed by atoms with van der Waals surface area (Å²) < 4.78 is 5.33. The average Bonchev–Trinajstić information content (AvgIpc) is 3.02. The molecule has 0 spiro atoms. The van der Waals surface area contributed by atoms with Crippen molar-refractivity contribution in [2.45, 2.75) is 13.3 Å². The third-order valence-electron chi connectivity index (χ3n) is 2.90. The molecule has 2 rings (SSSR count). The standard InChI is InChI=1S/C15H15N3O4S/c1-2-11-3-5-13(6-4-11)22-9-15(19)17-16-8-14-7-12(10-23-14)18(20)21/h3-8,10H,2,9H2,1H3,(H,17,19). The summed E-state index contributed by atoms with van der Waals surface area (Å²) in [5.74, 6) is 0.196. The molecule has 120 valence electrons. The fourth-order valence-corrected chi connectivity index (χ4v) is 2.39. The maximum Gasteiger partial charge on any atom is 0.280 e. The molecule has 0 aliphatic rings. The van der Waals surface area contributed by atoms with Crippen LogP contribution in [0.5, 0.6) is 5.75 Å². The zero-order valence-corrected chi connectivity index (χ0v) is 13.2. The fraction of sp³-hybridized carbons (Fsp3) is 0.200. The van der Waals surface area contributed by atoms with Gasteiger partial charge in [0, 0.05) is 6.07 Å². The second kappa shape index (κ2) is 8.04. The lowest BCUT2D eigenvalue weighted by Crippen LogP contribution is -2.24. The van der Waals surface area contributed by atoms with Gasteiger partial charge in [-0.05, 0) is 24.1 Å². The molecule has 0 unspecified atom stereocenters. The lowest BCUT2D eigenvalue weighted by atomic mass is 10.2. The van der Waals surface area contributed by atoms with E-state index in [0.717, 1.165) is 6.42 Å². The van der Waals surface area contributed by atoms with Gasteiger partial charge >= 0.3 is 0 Å². The number of benzene rings is 1. The first-order chi connectivity index (χ1) is 11.1. The molecule has 0 aliphatic heterocycles. The van der Waals surface area contributed by atoms with Crippen molar-refractivity contribution in [3.8, 4) is 5.75 Å². The van der Waals surface area contributed by atoms with Crippen LogP contribution in [0.3, 0.4) is 0 Å². The number of nitrogens with one attached hydrogen (secondary N) is 1. The Kier molecular flexibility index (Phi) is 5.81. The fourth-order valence-electron chi connectivity index (χ4n) is 1.68. The van der Waals surface area contributed by atoms with Gasteiger partial charge in [0.2, 0.25) is 0 Å². The van der Waals surface area contributed by atoms with Gasteiger partial charge in [-0.3, -0.25) is 14.9 Å². The molecule has 0 bridgehead atoms. The predicted octanol–water partition coefficient (Wildman–Crippen LogP) is 2.75. The van der Waals surface area contributed by atoms with Crippen LogP contribution in [0, 0.1) is 10.1 Å². The monoisotopic (exact) mass is 333 g/mol. The van der Waals surface area contributed by atoms with E-state index in [2.05, 4.69) is 17.5 Å². The first-order valence-corrected chi connectivity index (χ1v) is 7.73. The minimum absolute atomic E-state index is 0.00151. The number of thiophene rings is 1. The molecule has 7 nitrogen and oxygen atoms in total. The second-order valence-electron chi connectivity index (χ2n) is 4.54. The van der Waals surface area contributed by atoms with Crippen molar-refractivity contribution in [3.63, 3.8) is 0 Å². The number of amides is 1. The van der Waals surface area contributed by atoms with Crippen LogP contribution in [-0.2, 0) is 11.2 Å². The molecule has 0 aliphatic carbocycles. The van der Waals surface area contributed by atoms with E-state index >= 15 is 0 Å². The minimum Gasteiger partial charge on any atom is -0.484 e. The number of rotatable bonds is 7. The molecule has 2 aromatic rings. The van der Waals surface area contributed by atoms with Crippen molar-refractivity contribution in [1.82, 2.24) is 5.43 Å². The van der Waals surface area contributed by atoms with Gasteiger partial charge in [0.05, 0.1) is 21.4 Å². The van der Waals surface area contributed by atoms with Crippen LogP contribution in [0.4, 0.5) is 5.69 Å². The molecule has 0 fully saturated rings. The molecule has 1 heterocycles. The maximum absolute atomic E-state index is 11.6. The van der Waals surface area contributed by atoms with Gasteiger partial charge in [0.15, 0.2) is 6.61 Å². The number of hydrogen-bond donors (Lipinski definition) is 1. The van der Waals surface area contributed by atoms with Crippen molar-refractivity contribution in [1.29, 1.82) is 0 Å². The molecule has 0 saturated carbocycles. The second-order valence-corrected chi connectivity index (χ2v) is 5.49. The number of carbonyl (C=O) groups excluding carboxylic acids is 1. The third-order valence-corrected chi connectivity index (χ3v) is 3.75. The van der Waals surface area contributed by atoms with E-state index in [9.17, 15) is 14.9 Å². The van der Waals surface area contributed by atoms with Crippen LogP contribution < -0.4 is 10.2 Å². The smallest absolute Gasteiger partial charge is 0.280 e. The van der Waals surface area contributed by atoms with Gasteiger partial charge in [0.1, 0.15) is 5.75 Å². The van der Waals surface area contributed by atoms with Crippen molar-refractivity contribution < 1.29 is 14.5 Å². The summed E-state index contributed by atoms with van der Waals surface area (Å²) in [5, 5.41) is 15.7. The van der Waals surface area contributed by atoms with E-state index in [1.54, 1.807) is 12.1 Å². The molecule has 0 radical (unpaired) electrons. The largest absolute Gasteiger partial charge is 0.484 e. The summed E-state index contributed by atoms with van der Waals surface area (Å²) >= 11 is 1.17. The summed E-state index contributed by atoms with van der Waals surface area (Å²) in [4.78, 5) is 22.2. The number of nitrogens with zero attached hydrogens (tertiary/aromatic N) is 2. The van der Waals surface area contributed by atoms with Gasteiger partial charge in [0.25, 0.3) is 11.6 Å². The van der Waals surface area contributed by atoms with E-state index in [0.29, 0.717) is 10.6 Å². The van der Waals surface area contributed by atoms with Crippen LogP contribution in [0.25, 0.3) is 0 Å². The number of ether oxygens (including phenoxy) is 1. The number of hydrogen-bond acceptors (Lipinski definition) is 6. The Labute approximate surface area is 136 Å². The molecule has 1 aromatic carbocycles. The molecule has 0 saturated heterocycles. The Balaban J connectivity index is 1.77. The number of nitro groups is 1. The van der Waals surface area contributed by atoms with Crippen molar-refractivity contribution in [2.24, 2.45) is 5.10 Å². The first-order valence-electron chi connectivity index (χ1n) is 6.85. The Morgan fingerprint density at radius 3 is 2.78 bits per heavy atom. The van der Waals surface area contributed by atoms with Gasteiger partial charge < -0.3 is 4.74 Å². The summed E-state index contributed by atoms with van der Waals surface area (Å²) in [7, 11) is 0. The lowest BCUT2D eigenvalue weighted by Gasteiger charge is -2.05. The normalized spacial score (nSPS) is 10.7. The minimum atomic E-state index is -0.482. The van der Waals surface area contributed by atoms with Crippen LogP contribution in [0.2, 0.25) is 0 Å². The highest BCUT2D eigenvalue weighted by Crippen LogP contribution is 2.19.